The lowest BCUT2D eigenvalue weighted by molar-refractivity contribution is 0.0705. The fourth-order valence-electron chi connectivity index (χ4n) is 1.51. The molecule has 0 aromatic carbocycles. The average molecular weight is 217 g/mol. The summed E-state index contributed by atoms with van der Waals surface area (Å²) in [6.45, 7) is 3.34. The molecule has 2 atom stereocenters. The van der Waals surface area contributed by atoms with E-state index in [9.17, 15) is 0 Å². The van der Waals surface area contributed by atoms with Crippen LogP contribution in [-0.2, 0) is 4.74 Å². The number of hydrogen-bond acceptors (Lipinski definition) is 4. The van der Waals surface area contributed by atoms with Crippen molar-refractivity contribution in [1.29, 1.82) is 0 Å². The first kappa shape index (κ1) is 9.93. The molecule has 2 heterocycles. The molecule has 4 nitrogen and oxygen atoms in total. The first-order valence-electron chi connectivity index (χ1n) is 4.82. The summed E-state index contributed by atoms with van der Waals surface area (Å²) in [5.41, 5.74) is 0. The van der Waals surface area contributed by atoms with E-state index in [-0.39, 0.29) is 11.3 Å². The van der Waals surface area contributed by atoms with Crippen molar-refractivity contribution in [2.45, 2.75) is 31.1 Å². The van der Waals surface area contributed by atoms with Crippen LogP contribution in [0, 0.1) is 0 Å². The Bertz CT molecular complexity index is 295. The van der Waals surface area contributed by atoms with E-state index >= 15 is 0 Å². The number of nitrogens with zero attached hydrogens (tertiary/aromatic N) is 2. The summed E-state index contributed by atoms with van der Waals surface area (Å²) in [4.78, 5) is 4.24. The predicted octanol–water partition coefficient (Wildman–Crippen LogP) is 2.26. The second-order valence-corrected chi connectivity index (χ2v) is 4.18. The summed E-state index contributed by atoms with van der Waals surface area (Å²) >= 11 is 5.84. The van der Waals surface area contributed by atoms with Gasteiger partial charge in [-0.15, -0.1) is 11.6 Å². The van der Waals surface area contributed by atoms with E-state index in [2.05, 4.69) is 10.1 Å². The zero-order chi connectivity index (χ0) is 9.97. The van der Waals surface area contributed by atoms with Crippen LogP contribution in [0.3, 0.4) is 0 Å². The number of ether oxygens (including phenoxy) is 1. The zero-order valence-corrected chi connectivity index (χ0v) is 8.83. The highest BCUT2D eigenvalue weighted by Gasteiger charge is 2.22. The molecular formula is C9H13ClN2O2. The molecule has 1 saturated heterocycles. The molecule has 14 heavy (non-hydrogen) atoms. The van der Waals surface area contributed by atoms with Crippen LogP contribution in [0.2, 0.25) is 0 Å². The van der Waals surface area contributed by atoms with Gasteiger partial charge in [0, 0.05) is 6.61 Å². The van der Waals surface area contributed by atoms with Gasteiger partial charge in [-0.25, -0.2) is 0 Å². The van der Waals surface area contributed by atoms with Crippen LogP contribution < -0.4 is 0 Å². The summed E-state index contributed by atoms with van der Waals surface area (Å²) in [5, 5.41) is 3.62. The van der Waals surface area contributed by atoms with E-state index < -0.39 is 0 Å². The Morgan fingerprint density at radius 3 is 3.00 bits per heavy atom. The molecule has 2 rings (SSSR count). The highest BCUT2D eigenvalue weighted by atomic mass is 35.5. The molecule has 1 aromatic rings. The standard InChI is InChI=1S/C9H13ClN2O2/c1-6(10)8-11-9(14-12-8)7-3-2-4-13-5-7/h6-7H,2-5H2,1H3. The quantitative estimate of drug-likeness (QED) is 0.712. The van der Waals surface area contributed by atoms with Crippen LogP contribution >= 0.6 is 11.6 Å². The van der Waals surface area contributed by atoms with E-state index in [1.54, 1.807) is 0 Å². The van der Waals surface area contributed by atoms with Gasteiger partial charge >= 0.3 is 0 Å². The smallest absolute Gasteiger partial charge is 0.232 e. The van der Waals surface area contributed by atoms with E-state index in [1.807, 2.05) is 6.92 Å². The lowest BCUT2D eigenvalue weighted by Crippen LogP contribution is -2.15. The molecule has 0 aliphatic carbocycles. The van der Waals surface area contributed by atoms with Crippen molar-refractivity contribution in [3.05, 3.63) is 11.7 Å². The molecule has 78 valence electrons. The van der Waals surface area contributed by atoms with E-state index in [4.69, 9.17) is 20.9 Å². The molecule has 0 bridgehead atoms. The largest absolute Gasteiger partial charge is 0.381 e. The van der Waals surface area contributed by atoms with Crippen molar-refractivity contribution in [1.82, 2.24) is 10.1 Å². The molecule has 0 spiro atoms. The van der Waals surface area contributed by atoms with Gasteiger partial charge < -0.3 is 9.26 Å². The molecule has 1 aromatic heterocycles. The second kappa shape index (κ2) is 4.28. The summed E-state index contributed by atoms with van der Waals surface area (Å²) < 4.78 is 10.5. The van der Waals surface area contributed by atoms with Gasteiger partial charge in [0.25, 0.3) is 0 Å². The number of alkyl halides is 1. The van der Waals surface area contributed by atoms with Gasteiger partial charge in [-0.3, -0.25) is 0 Å². The first-order chi connectivity index (χ1) is 6.77. The molecule has 0 N–H and O–H groups in total. The minimum Gasteiger partial charge on any atom is -0.381 e. The number of hydrogen-bond donors (Lipinski definition) is 0. The van der Waals surface area contributed by atoms with Crippen LogP contribution in [-0.4, -0.2) is 23.4 Å². The molecule has 0 amide bonds. The number of rotatable bonds is 2. The second-order valence-electron chi connectivity index (χ2n) is 3.52. The molecule has 0 radical (unpaired) electrons. The molecule has 1 aliphatic rings. The highest BCUT2D eigenvalue weighted by molar-refractivity contribution is 6.20. The van der Waals surface area contributed by atoms with Crippen LogP contribution in [0.15, 0.2) is 4.52 Å². The number of aromatic nitrogens is 2. The summed E-state index contributed by atoms with van der Waals surface area (Å²) in [7, 11) is 0. The molecule has 1 fully saturated rings. The maximum Gasteiger partial charge on any atom is 0.232 e. The van der Waals surface area contributed by atoms with Crippen LogP contribution in [0.1, 0.15) is 42.8 Å². The van der Waals surface area contributed by atoms with Gasteiger partial charge in [0.1, 0.15) is 0 Å². The molecule has 1 aliphatic heterocycles. The van der Waals surface area contributed by atoms with Crippen molar-refractivity contribution in [3.8, 4) is 0 Å². The monoisotopic (exact) mass is 216 g/mol. The number of halogens is 1. The minimum atomic E-state index is -0.197. The normalized spacial score (nSPS) is 24.9. The van der Waals surface area contributed by atoms with Gasteiger partial charge in [0.2, 0.25) is 5.89 Å². The molecule has 2 unspecified atom stereocenters. The third-order valence-corrected chi connectivity index (χ3v) is 2.52. The summed E-state index contributed by atoms with van der Waals surface area (Å²) in [5.74, 6) is 1.47. The van der Waals surface area contributed by atoms with E-state index in [1.165, 1.54) is 0 Å². The van der Waals surface area contributed by atoms with Crippen molar-refractivity contribution in [2.75, 3.05) is 13.2 Å². The zero-order valence-electron chi connectivity index (χ0n) is 8.07. The summed E-state index contributed by atoms with van der Waals surface area (Å²) in [6, 6.07) is 0. The van der Waals surface area contributed by atoms with Crippen molar-refractivity contribution in [3.63, 3.8) is 0 Å². The van der Waals surface area contributed by atoms with Gasteiger partial charge in [-0.05, 0) is 19.8 Å². The Balaban J connectivity index is 2.07. The SMILES string of the molecule is CC(Cl)c1noc(C2CCCOC2)n1. The van der Waals surface area contributed by atoms with Crippen molar-refractivity contribution in [2.24, 2.45) is 0 Å². The van der Waals surface area contributed by atoms with Crippen molar-refractivity contribution >= 4 is 11.6 Å². The third kappa shape index (κ3) is 2.07. The van der Waals surface area contributed by atoms with Gasteiger partial charge in [0.05, 0.1) is 17.9 Å². The van der Waals surface area contributed by atoms with E-state index in [0.29, 0.717) is 18.3 Å². The Morgan fingerprint density at radius 2 is 2.43 bits per heavy atom. The van der Waals surface area contributed by atoms with Crippen LogP contribution in [0.5, 0.6) is 0 Å². The van der Waals surface area contributed by atoms with Crippen molar-refractivity contribution < 1.29 is 9.26 Å². The Kier molecular flexibility index (Phi) is 3.03. The van der Waals surface area contributed by atoms with Crippen LogP contribution in [0.25, 0.3) is 0 Å². The molecular weight excluding hydrogens is 204 g/mol. The first-order valence-corrected chi connectivity index (χ1v) is 5.26. The minimum absolute atomic E-state index is 0.197. The topological polar surface area (TPSA) is 48.2 Å². The van der Waals surface area contributed by atoms with Gasteiger partial charge in [0.15, 0.2) is 5.82 Å². The third-order valence-electron chi connectivity index (χ3n) is 2.32. The Morgan fingerprint density at radius 1 is 1.57 bits per heavy atom. The maximum atomic E-state index is 5.84. The average Bonchev–Trinajstić information content (AvgIpc) is 2.68. The molecule has 5 heteroatoms. The molecule has 0 saturated carbocycles. The maximum absolute atomic E-state index is 5.84. The summed E-state index contributed by atoms with van der Waals surface area (Å²) in [6.07, 6.45) is 2.11. The lowest BCUT2D eigenvalue weighted by atomic mass is 10.0. The predicted molar refractivity (Wildman–Crippen MR) is 51.4 cm³/mol. The Hall–Kier alpha value is -0.610. The van der Waals surface area contributed by atoms with Crippen LogP contribution in [0.4, 0.5) is 0 Å². The fraction of sp³-hybridized carbons (Fsp3) is 0.778. The Labute approximate surface area is 87.6 Å². The fourth-order valence-corrected chi connectivity index (χ4v) is 1.60. The lowest BCUT2D eigenvalue weighted by Gasteiger charge is -2.18. The van der Waals surface area contributed by atoms with Gasteiger partial charge in [-0.2, -0.15) is 4.98 Å². The van der Waals surface area contributed by atoms with Gasteiger partial charge in [-0.1, -0.05) is 5.16 Å². The highest BCUT2D eigenvalue weighted by Crippen LogP contribution is 2.25. The van der Waals surface area contributed by atoms with E-state index in [0.717, 1.165) is 19.4 Å².